The van der Waals surface area contributed by atoms with E-state index in [1.807, 2.05) is 31.2 Å². The highest BCUT2D eigenvalue weighted by molar-refractivity contribution is 7.17. The Morgan fingerprint density at radius 2 is 2.10 bits per heavy atom. The first-order chi connectivity index (χ1) is 9.69. The maximum absolute atomic E-state index is 11.3. The maximum Gasteiger partial charge on any atom is 0.347 e. The molecular formula is C15H15NO3S. The fraction of sp³-hybridized carbons (Fsp3) is 0.333. The van der Waals surface area contributed by atoms with Crippen molar-refractivity contribution < 1.29 is 14.6 Å². The van der Waals surface area contributed by atoms with Crippen molar-refractivity contribution >= 4 is 17.3 Å². The van der Waals surface area contributed by atoms with E-state index in [0.29, 0.717) is 17.4 Å². The number of hydrogen-bond donors (Lipinski definition) is 1. The summed E-state index contributed by atoms with van der Waals surface area (Å²) in [5, 5.41) is 10.0. The van der Waals surface area contributed by atoms with Crippen molar-refractivity contribution in [2.45, 2.75) is 25.7 Å². The van der Waals surface area contributed by atoms with Gasteiger partial charge in [-0.2, -0.15) is 0 Å². The molecule has 1 aliphatic rings. The summed E-state index contributed by atoms with van der Waals surface area (Å²) in [6, 6.07) is 7.62. The number of benzene rings is 1. The van der Waals surface area contributed by atoms with Crippen molar-refractivity contribution in [1.82, 2.24) is 4.98 Å². The summed E-state index contributed by atoms with van der Waals surface area (Å²) in [6.45, 7) is 2.57. The summed E-state index contributed by atoms with van der Waals surface area (Å²) in [5.41, 5.74) is 1.69. The summed E-state index contributed by atoms with van der Waals surface area (Å²) in [6.07, 6.45) is 2.10. The largest absolute Gasteiger partial charge is 0.494 e. The first-order valence-electron chi connectivity index (χ1n) is 6.66. The summed E-state index contributed by atoms with van der Waals surface area (Å²) < 4.78 is 5.40. The van der Waals surface area contributed by atoms with E-state index >= 15 is 0 Å². The lowest BCUT2D eigenvalue weighted by atomic mass is 10.2. The Morgan fingerprint density at radius 3 is 2.65 bits per heavy atom. The molecule has 1 N–H and O–H groups in total. The van der Waals surface area contributed by atoms with Gasteiger partial charge in [0.15, 0.2) is 0 Å². The number of rotatable bonds is 5. The van der Waals surface area contributed by atoms with E-state index in [4.69, 9.17) is 4.74 Å². The van der Waals surface area contributed by atoms with Crippen LogP contribution in [0, 0.1) is 0 Å². The predicted molar refractivity (Wildman–Crippen MR) is 77.7 cm³/mol. The number of ether oxygens (including phenoxy) is 1. The number of thiazole rings is 1. The van der Waals surface area contributed by atoms with Gasteiger partial charge in [0, 0.05) is 11.5 Å². The van der Waals surface area contributed by atoms with Crippen LogP contribution in [-0.2, 0) is 0 Å². The summed E-state index contributed by atoms with van der Waals surface area (Å²) in [5.74, 6) is 0.282. The molecule has 1 saturated carbocycles. The van der Waals surface area contributed by atoms with Crippen LogP contribution in [-0.4, -0.2) is 22.7 Å². The molecule has 0 atom stereocenters. The Kier molecular flexibility index (Phi) is 3.44. The highest BCUT2D eigenvalue weighted by Gasteiger charge is 2.32. The molecule has 1 aromatic heterocycles. The maximum atomic E-state index is 11.3. The molecule has 0 bridgehead atoms. The molecule has 0 saturated heterocycles. The third-order valence-corrected chi connectivity index (χ3v) is 4.33. The minimum absolute atomic E-state index is 0.341. The van der Waals surface area contributed by atoms with Gasteiger partial charge in [-0.3, -0.25) is 0 Å². The molecule has 2 aromatic rings. The van der Waals surface area contributed by atoms with E-state index in [0.717, 1.165) is 34.9 Å². The van der Waals surface area contributed by atoms with Crippen LogP contribution in [0.5, 0.6) is 5.75 Å². The molecule has 0 aliphatic heterocycles. The molecule has 104 valence electrons. The van der Waals surface area contributed by atoms with Crippen molar-refractivity contribution in [1.29, 1.82) is 0 Å². The summed E-state index contributed by atoms with van der Waals surface area (Å²) >= 11 is 1.26. The van der Waals surface area contributed by atoms with Crippen LogP contribution in [0.1, 0.15) is 41.0 Å². The van der Waals surface area contributed by atoms with E-state index in [1.54, 1.807) is 0 Å². The fourth-order valence-electron chi connectivity index (χ4n) is 2.10. The standard InChI is InChI=1S/C15H15NO3S/c1-2-19-11-7-5-10(6-8-11)14-16-12(9-3-4-9)13(20-14)15(17)18/h5-9H,2-4H2,1H3,(H,17,18). The van der Waals surface area contributed by atoms with Crippen molar-refractivity contribution in [2.75, 3.05) is 6.61 Å². The lowest BCUT2D eigenvalue weighted by Crippen LogP contribution is -1.97. The molecule has 5 heteroatoms. The minimum atomic E-state index is -0.874. The first-order valence-corrected chi connectivity index (χ1v) is 7.48. The average Bonchev–Trinajstić information content (AvgIpc) is 3.19. The van der Waals surface area contributed by atoms with E-state index in [-0.39, 0.29) is 0 Å². The lowest BCUT2D eigenvalue weighted by Gasteiger charge is -2.02. The third-order valence-electron chi connectivity index (χ3n) is 3.22. The normalized spacial score (nSPS) is 14.2. The molecule has 1 fully saturated rings. The third kappa shape index (κ3) is 2.54. The molecular weight excluding hydrogens is 274 g/mol. The Morgan fingerprint density at radius 1 is 1.40 bits per heavy atom. The second kappa shape index (κ2) is 5.25. The van der Waals surface area contributed by atoms with E-state index in [9.17, 15) is 9.90 Å². The number of aromatic nitrogens is 1. The van der Waals surface area contributed by atoms with Gasteiger partial charge in [-0.15, -0.1) is 11.3 Å². The second-order valence-corrected chi connectivity index (χ2v) is 5.77. The molecule has 0 amide bonds. The summed E-state index contributed by atoms with van der Waals surface area (Å²) in [4.78, 5) is 16.2. The van der Waals surface area contributed by atoms with Gasteiger partial charge in [0.1, 0.15) is 15.6 Å². The van der Waals surface area contributed by atoms with Gasteiger partial charge >= 0.3 is 5.97 Å². The van der Waals surface area contributed by atoms with Crippen molar-refractivity contribution in [2.24, 2.45) is 0 Å². The van der Waals surface area contributed by atoms with Crippen LogP contribution in [0.15, 0.2) is 24.3 Å². The quantitative estimate of drug-likeness (QED) is 0.910. The molecule has 0 spiro atoms. The zero-order valence-corrected chi connectivity index (χ0v) is 11.9. The number of hydrogen-bond acceptors (Lipinski definition) is 4. The summed E-state index contributed by atoms with van der Waals surface area (Å²) in [7, 11) is 0. The van der Waals surface area contributed by atoms with Crippen LogP contribution >= 0.6 is 11.3 Å². The van der Waals surface area contributed by atoms with Crippen LogP contribution in [0.4, 0.5) is 0 Å². The van der Waals surface area contributed by atoms with E-state index < -0.39 is 5.97 Å². The second-order valence-electron chi connectivity index (χ2n) is 4.77. The Hall–Kier alpha value is -1.88. The van der Waals surface area contributed by atoms with Crippen molar-refractivity contribution in [3.63, 3.8) is 0 Å². The monoisotopic (exact) mass is 289 g/mol. The molecule has 1 aromatic carbocycles. The van der Waals surface area contributed by atoms with Gasteiger partial charge in [-0.1, -0.05) is 0 Å². The minimum Gasteiger partial charge on any atom is -0.494 e. The fourth-order valence-corrected chi connectivity index (χ4v) is 3.10. The van der Waals surface area contributed by atoms with Crippen LogP contribution in [0.25, 0.3) is 10.6 Å². The molecule has 1 heterocycles. The van der Waals surface area contributed by atoms with Crippen LogP contribution in [0.2, 0.25) is 0 Å². The average molecular weight is 289 g/mol. The van der Waals surface area contributed by atoms with Gasteiger partial charge in [0.2, 0.25) is 0 Å². The number of carboxylic acids is 1. The first kappa shape index (κ1) is 13.1. The molecule has 3 rings (SSSR count). The van der Waals surface area contributed by atoms with Crippen molar-refractivity contribution in [3.8, 4) is 16.3 Å². The SMILES string of the molecule is CCOc1ccc(-c2nc(C3CC3)c(C(=O)O)s2)cc1. The number of aromatic carboxylic acids is 1. The van der Waals surface area contributed by atoms with Gasteiger partial charge in [-0.05, 0) is 44.0 Å². The lowest BCUT2D eigenvalue weighted by molar-refractivity contribution is 0.0700. The Labute approximate surface area is 121 Å². The van der Waals surface area contributed by atoms with Gasteiger partial charge in [0.25, 0.3) is 0 Å². The molecule has 1 aliphatic carbocycles. The molecule has 4 nitrogen and oxygen atoms in total. The van der Waals surface area contributed by atoms with Crippen LogP contribution < -0.4 is 4.74 Å². The number of nitrogens with zero attached hydrogens (tertiary/aromatic N) is 1. The molecule has 0 unspecified atom stereocenters. The topological polar surface area (TPSA) is 59.4 Å². The van der Waals surface area contributed by atoms with E-state index in [1.165, 1.54) is 11.3 Å². The smallest absolute Gasteiger partial charge is 0.347 e. The zero-order valence-electron chi connectivity index (χ0n) is 11.1. The van der Waals surface area contributed by atoms with Crippen molar-refractivity contribution in [3.05, 3.63) is 34.8 Å². The van der Waals surface area contributed by atoms with Crippen LogP contribution in [0.3, 0.4) is 0 Å². The number of carboxylic acid groups (broad SMARTS) is 1. The number of carbonyl (C=O) groups is 1. The highest BCUT2D eigenvalue weighted by Crippen LogP contribution is 2.44. The van der Waals surface area contributed by atoms with Gasteiger partial charge in [-0.25, -0.2) is 9.78 Å². The Balaban J connectivity index is 1.93. The van der Waals surface area contributed by atoms with E-state index in [2.05, 4.69) is 4.98 Å². The van der Waals surface area contributed by atoms with Gasteiger partial charge < -0.3 is 9.84 Å². The highest BCUT2D eigenvalue weighted by atomic mass is 32.1. The molecule has 0 radical (unpaired) electrons. The molecule has 20 heavy (non-hydrogen) atoms. The van der Waals surface area contributed by atoms with Gasteiger partial charge in [0.05, 0.1) is 12.3 Å². The zero-order chi connectivity index (χ0) is 14.1. The predicted octanol–water partition coefficient (Wildman–Crippen LogP) is 3.78. The Bertz CT molecular complexity index is 629.